The highest BCUT2D eigenvalue weighted by molar-refractivity contribution is 5.68. The van der Waals surface area contributed by atoms with E-state index >= 15 is 0 Å². The van der Waals surface area contributed by atoms with Gasteiger partial charge >= 0.3 is 0 Å². The van der Waals surface area contributed by atoms with E-state index in [1.54, 1.807) is 0 Å². The van der Waals surface area contributed by atoms with Gasteiger partial charge in [0.25, 0.3) is 5.56 Å². The minimum Gasteiger partial charge on any atom is -0.393 e. The number of hydrogen-bond donors (Lipinski definition) is 3. The summed E-state index contributed by atoms with van der Waals surface area (Å²) in [5, 5.41) is 20.0. The number of nitrogens with one attached hydrogen (secondary N) is 1. The van der Waals surface area contributed by atoms with Crippen molar-refractivity contribution in [3.63, 3.8) is 0 Å². The summed E-state index contributed by atoms with van der Waals surface area (Å²) in [6.07, 6.45) is 0.783. The number of nitrogens with zero attached hydrogens (tertiary/aromatic N) is 3. The van der Waals surface area contributed by atoms with Gasteiger partial charge < -0.3 is 24.7 Å². The molecule has 2 saturated heterocycles. The first-order valence-corrected chi connectivity index (χ1v) is 6.65. The van der Waals surface area contributed by atoms with Gasteiger partial charge in [0, 0.05) is 6.42 Å². The zero-order chi connectivity index (χ0) is 14.6. The van der Waals surface area contributed by atoms with Crippen LogP contribution in [-0.2, 0) is 9.47 Å². The fourth-order valence-electron chi connectivity index (χ4n) is 3.13. The Balaban J connectivity index is 1.80. The highest BCUT2D eigenvalue weighted by Gasteiger charge is 2.59. The van der Waals surface area contributed by atoms with Crippen LogP contribution in [0.15, 0.2) is 17.4 Å². The van der Waals surface area contributed by atoms with Crippen LogP contribution in [0.5, 0.6) is 0 Å². The predicted octanol–water partition coefficient (Wildman–Crippen LogP) is -1.47. The molecule has 0 unspecified atom stereocenters. The molecule has 9 heteroatoms. The number of fused-ring (bicyclic) bond motifs is 2. The molecule has 0 saturated carbocycles. The summed E-state index contributed by atoms with van der Waals surface area (Å²) >= 11 is 0. The lowest BCUT2D eigenvalue weighted by Crippen LogP contribution is -2.42. The Morgan fingerprint density at radius 3 is 3.14 bits per heavy atom. The van der Waals surface area contributed by atoms with Crippen molar-refractivity contribution in [1.29, 1.82) is 0 Å². The molecule has 4 atom stereocenters. The van der Waals surface area contributed by atoms with Crippen LogP contribution in [0.25, 0.3) is 11.2 Å². The highest BCUT2D eigenvalue weighted by Crippen LogP contribution is 2.44. The first-order valence-electron chi connectivity index (χ1n) is 6.65. The van der Waals surface area contributed by atoms with Gasteiger partial charge in [-0.05, 0) is 0 Å². The molecule has 3 N–H and O–H groups in total. The summed E-state index contributed by atoms with van der Waals surface area (Å²) in [5.74, 6) is 0. The molecule has 0 aliphatic carbocycles. The Labute approximate surface area is 118 Å². The van der Waals surface area contributed by atoms with Gasteiger partial charge in [-0.2, -0.15) is 0 Å². The van der Waals surface area contributed by atoms with E-state index in [1.165, 1.54) is 17.2 Å². The maximum absolute atomic E-state index is 11.7. The van der Waals surface area contributed by atoms with E-state index in [2.05, 4.69) is 15.0 Å². The van der Waals surface area contributed by atoms with Crippen LogP contribution in [-0.4, -0.2) is 60.8 Å². The monoisotopic (exact) mass is 294 g/mol. The normalized spacial score (nSPS) is 35.4. The summed E-state index contributed by atoms with van der Waals surface area (Å²) in [4.78, 5) is 22.2. The van der Waals surface area contributed by atoms with Crippen molar-refractivity contribution < 1.29 is 19.7 Å². The van der Waals surface area contributed by atoms with E-state index in [0.29, 0.717) is 18.7 Å². The first-order chi connectivity index (χ1) is 10.2. The Kier molecular flexibility index (Phi) is 2.67. The van der Waals surface area contributed by atoms with E-state index in [0.717, 1.165) is 0 Å². The van der Waals surface area contributed by atoms with E-state index in [4.69, 9.17) is 9.47 Å². The molecule has 2 aliphatic rings. The van der Waals surface area contributed by atoms with E-state index in [9.17, 15) is 15.0 Å². The molecule has 0 aromatic carbocycles. The van der Waals surface area contributed by atoms with Crippen LogP contribution in [0.4, 0.5) is 0 Å². The molecule has 2 aliphatic heterocycles. The van der Waals surface area contributed by atoms with E-state index < -0.39 is 24.0 Å². The number of ether oxygens (including phenoxy) is 2. The lowest BCUT2D eigenvalue weighted by Gasteiger charge is -2.24. The summed E-state index contributed by atoms with van der Waals surface area (Å²) in [6.45, 7) is 0.184. The van der Waals surface area contributed by atoms with Crippen LogP contribution in [0.1, 0.15) is 12.6 Å². The summed E-state index contributed by atoms with van der Waals surface area (Å²) in [5.41, 5.74) is -0.790. The second kappa shape index (κ2) is 4.34. The zero-order valence-corrected chi connectivity index (χ0v) is 11.0. The molecule has 21 heavy (non-hydrogen) atoms. The molecule has 0 bridgehead atoms. The van der Waals surface area contributed by atoms with Gasteiger partial charge in [0.1, 0.15) is 17.8 Å². The van der Waals surface area contributed by atoms with Gasteiger partial charge in [0.15, 0.2) is 17.4 Å². The van der Waals surface area contributed by atoms with E-state index in [-0.39, 0.29) is 17.7 Å². The topological polar surface area (TPSA) is 122 Å². The minimum absolute atomic E-state index is 0.171. The largest absolute Gasteiger partial charge is 0.393 e. The van der Waals surface area contributed by atoms with Crippen molar-refractivity contribution in [1.82, 2.24) is 19.5 Å². The fraction of sp³-hybridized carbons (Fsp3) is 0.583. The summed E-state index contributed by atoms with van der Waals surface area (Å²) in [6, 6.07) is 0. The van der Waals surface area contributed by atoms with Crippen molar-refractivity contribution in [3.05, 3.63) is 23.0 Å². The minimum atomic E-state index is -0.974. The van der Waals surface area contributed by atoms with Gasteiger partial charge in [-0.25, -0.2) is 9.97 Å². The Morgan fingerprint density at radius 2 is 2.38 bits per heavy atom. The van der Waals surface area contributed by atoms with E-state index in [1.807, 2.05) is 0 Å². The second-order valence-electron chi connectivity index (χ2n) is 5.32. The maximum Gasteiger partial charge on any atom is 0.278 e. The first kappa shape index (κ1) is 12.9. The van der Waals surface area contributed by atoms with Gasteiger partial charge in [-0.3, -0.25) is 9.36 Å². The molecule has 4 rings (SSSR count). The lowest BCUT2D eigenvalue weighted by atomic mass is 9.95. The predicted molar refractivity (Wildman–Crippen MR) is 68.5 cm³/mol. The molecule has 0 amide bonds. The number of aliphatic hydroxyl groups is 2. The van der Waals surface area contributed by atoms with Gasteiger partial charge in [-0.1, -0.05) is 0 Å². The third kappa shape index (κ3) is 1.62. The van der Waals surface area contributed by atoms with Crippen LogP contribution in [0, 0.1) is 0 Å². The third-order valence-corrected chi connectivity index (χ3v) is 4.21. The molecular formula is C12H14N4O5. The van der Waals surface area contributed by atoms with Gasteiger partial charge in [0.2, 0.25) is 0 Å². The molecule has 2 aromatic rings. The molecule has 2 fully saturated rings. The third-order valence-electron chi connectivity index (χ3n) is 4.21. The molecule has 0 radical (unpaired) electrons. The number of aromatic amines is 1. The highest BCUT2D eigenvalue weighted by atomic mass is 16.6. The van der Waals surface area contributed by atoms with Crippen molar-refractivity contribution in [2.45, 2.75) is 30.5 Å². The van der Waals surface area contributed by atoms with Crippen LogP contribution in [0.3, 0.4) is 0 Å². The van der Waals surface area contributed by atoms with Crippen molar-refractivity contribution in [3.8, 4) is 0 Å². The summed E-state index contributed by atoms with van der Waals surface area (Å²) < 4.78 is 12.9. The van der Waals surface area contributed by atoms with Crippen LogP contribution in [0.2, 0.25) is 0 Å². The van der Waals surface area contributed by atoms with Crippen molar-refractivity contribution >= 4 is 11.2 Å². The molecule has 2 aromatic heterocycles. The smallest absolute Gasteiger partial charge is 0.278 e. The standard InChI is InChI=1S/C12H14N4O5/c17-3-12-1-2-20-8(12)7(18)11(21-12)16-5-15-6-9(16)13-4-14-10(6)19/h4-5,7-8,11,17-18H,1-3H2,(H,13,14,19)/t7-,8+,11-,12-/m1/s1. The second-order valence-corrected chi connectivity index (χ2v) is 5.32. The zero-order valence-electron chi connectivity index (χ0n) is 11.0. The number of aliphatic hydroxyl groups excluding tert-OH is 2. The molecular weight excluding hydrogens is 280 g/mol. The SMILES string of the molecule is O=c1[nH]cnc2c1ncn2[C@@H]1O[C@@]2(CO)CCO[C@H]2[C@H]1O. The average molecular weight is 294 g/mol. The van der Waals surface area contributed by atoms with Gasteiger partial charge in [0.05, 0.1) is 25.9 Å². The van der Waals surface area contributed by atoms with Crippen molar-refractivity contribution in [2.24, 2.45) is 0 Å². The van der Waals surface area contributed by atoms with Crippen LogP contribution < -0.4 is 5.56 Å². The summed E-state index contributed by atoms with van der Waals surface area (Å²) in [7, 11) is 0. The number of aromatic nitrogens is 4. The molecule has 9 nitrogen and oxygen atoms in total. The molecule has 112 valence electrons. The quantitative estimate of drug-likeness (QED) is 0.618. The molecule has 0 spiro atoms. The van der Waals surface area contributed by atoms with Crippen LogP contribution >= 0.6 is 0 Å². The Bertz CT molecular complexity index is 743. The van der Waals surface area contributed by atoms with Crippen molar-refractivity contribution in [2.75, 3.05) is 13.2 Å². The number of H-pyrrole nitrogens is 1. The Morgan fingerprint density at radius 1 is 1.52 bits per heavy atom. The number of imidazole rings is 1. The molecule has 4 heterocycles. The fourth-order valence-corrected chi connectivity index (χ4v) is 3.13. The average Bonchev–Trinajstić information content (AvgIpc) is 3.14. The number of rotatable bonds is 2. The number of hydrogen-bond acceptors (Lipinski definition) is 7. The lowest BCUT2D eigenvalue weighted by molar-refractivity contribution is -0.108. The maximum atomic E-state index is 11.7. The van der Waals surface area contributed by atoms with Gasteiger partial charge in [-0.15, -0.1) is 0 Å². The Hall–Kier alpha value is -1.81.